The molecule has 186 valence electrons. The van der Waals surface area contributed by atoms with E-state index in [1.54, 1.807) is 47.2 Å². The summed E-state index contributed by atoms with van der Waals surface area (Å²) >= 11 is 5.97. The van der Waals surface area contributed by atoms with Crippen LogP contribution in [0.25, 0.3) is 33.9 Å². The fourth-order valence-corrected chi connectivity index (χ4v) is 4.18. The number of hydrogen-bond donors (Lipinski definition) is 1. The van der Waals surface area contributed by atoms with Crippen molar-refractivity contribution in [2.75, 3.05) is 6.54 Å². The molecule has 0 saturated heterocycles. The summed E-state index contributed by atoms with van der Waals surface area (Å²) in [6.45, 7) is 2.37. The second-order valence-electron chi connectivity index (χ2n) is 8.69. The normalized spacial score (nSPS) is 11.1. The summed E-state index contributed by atoms with van der Waals surface area (Å²) in [6, 6.07) is 20.6. The Kier molecular flexibility index (Phi) is 7.09. The predicted octanol–water partition coefficient (Wildman–Crippen LogP) is 4.82. The van der Waals surface area contributed by atoms with Gasteiger partial charge >= 0.3 is 0 Å². The molecule has 3 heterocycles. The minimum atomic E-state index is -0.298. The first kappa shape index (κ1) is 24.4. The van der Waals surface area contributed by atoms with E-state index in [1.807, 2.05) is 25.1 Å². The lowest BCUT2D eigenvalue weighted by Crippen LogP contribution is -2.29. The first-order valence-corrected chi connectivity index (χ1v) is 12.3. The molecule has 0 aliphatic rings. The van der Waals surface area contributed by atoms with Crippen molar-refractivity contribution in [2.45, 2.75) is 26.3 Å². The fourth-order valence-electron chi connectivity index (χ4n) is 4.06. The zero-order valence-corrected chi connectivity index (χ0v) is 20.9. The first-order valence-electron chi connectivity index (χ1n) is 11.9. The molecule has 1 amide bonds. The number of fused-ring (bicyclic) bond motifs is 1. The third kappa shape index (κ3) is 5.59. The Morgan fingerprint density at radius 1 is 1.03 bits per heavy atom. The molecule has 0 atom stereocenters. The zero-order chi connectivity index (χ0) is 25.8. The summed E-state index contributed by atoms with van der Waals surface area (Å²) in [5, 5.41) is 7.93. The highest BCUT2D eigenvalue weighted by atomic mass is 35.5. The van der Waals surface area contributed by atoms with Crippen molar-refractivity contribution in [1.29, 1.82) is 0 Å². The third-order valence-corrected chi connectivity index (χ3v) is 6.19. The molecule has 0 aliphatic carbocycles. The van der Waals surface area contributed by atoms with Crippen LogP contribution in [0.4, 0.5) is 0 Å². The Bertz CT molecular complexity index is 1610. The highest BCUT2D eigenvalue weighted by Crippen LogP contribution is 2.23. The van der Waals surface area contributed by atoms with E-state index in [9.17, 15) is 9.59 Å². The van der Waals surface area contributed by atoms with Gasteiger partial charge in [-0.05, 0) is 61.7 Å². The summed E-state index contributed by atoms with van der Waals surface area (Å²) in [5.74, 6) is 0.213. The summed E-state index contributed by atoms with van der Waals surface area (Å²) in [5.41, 5.74) is 2.99. The molecule has 0 aliphatic heterocycles. The van der Waals surface area contributed by atoms with Crippen molar-refractivity contribution < 1.29 is 9.32 Å². The number of nitrogens with zero attached hydrogens (tertiary/aromatic N) is 4. The molecule has 1 N–H and O–H groups in total. The number of carbonyl (C=O) groups is 1. The summed E-state index contributed by atoms with van der Waals surface area (Å²) in [7, 11) is 0. The van der Waals surface area contributed by atoms with E-state index >= 15 is 0 Å². The van der Waals surface area contributed by atoms with Crippen LogP contribution in [-0.2, 0) is 17.8 Å². The molecule has 3 aromatic heterocycles. The van der Waals surface area contributed by atoms with Crippen LogP contribution in [0.1, 0.15) is 17.7 Å². The molecule has 0 spiro atoms. The number of hydrogen-bond acceptors (Lipinski definition) is 6. The average Bonchev–Trinajstić information content (AvgIpc) is 3.39. The average molecular weight is 514 g/mol. The lowest BCUT2D eigenvalue weighted by Gasteiger charge is -2.12. The second kappa shape index (κ2) is 10.8. The smallest absolute Gasteiger partial charge is 0.263 e. The predicted molar refractivity (Wildman–Crippen MR) is 142 cm³/mol. The van der Waals surface area contributed by atoms with Crippen LogP contribution in [0.15, 0.2) is 82.2 Å². The molecular formula is C28H24ClN5O3. The minimum absolute atomic E-state index is 0.0102. The fraction of sp³-hybridized carbons (Fsp3) is 0.179. The van der Waals surface area contributed by atoms with Crippen LogP contribution < -0.4 is 10.7 Å². The molecule has 0 radical (unpaired) electrons. The van der Waals surface area contributed by atoms with E-state index in [0.717, 1.165) is 18.5 Å². The molecule has 5 rings (SSSR count). The SMILES string of the molecule is Cc1ccc2c(=O)c(-c3nc(-c4ccc(Cl)cc4)no3)cn(CC(=O)NCCCc3ccccc3)c2n1. The number of carbonyl (C=O) groups excluding carboxylic acids is 1. The lowest BCUT2D eigenvalue weighted by atomic mass is 10.1. The summed E-state index contributed by atoms with van der Waals surface area (Å²) < 4.78 is 7.09. The maximum atomic E-state index is 13.3. The summed E-state index contributed by atoms with van der Waals surface area (Å²) in [4.78, 5) is 35.1. The van der Waals surface area contributed by atoms with E-state index in [-0.39, 0.29) is 29.3 Å². The number of benzene rings is 2. The van der Waals surface area contributed by atoms with Crippen LogP contribution in [0.5, 0.6) is 0 Å². The van der Waals surface area contributed by atoms with Crippen LogP contribution in [0.2, 0.25) is 5.02 Å². The Hall–Kier alpha value is -4.30. The first-order chi connectivity index (χ1) is 18.0. The topological polar surface area (TPSA) is 103 Å². The van der Waals surface area contributed by atoms with Gasteiger partial charge in [0.05, 0.1) is 5.39 Å². The molecule has 9 heteroatoms. The second-order valence-corrected chi connectivity index (χ2v) is 9.13. The number of nitrogens with one attached hydrogen (secondary N) is 1. The minimum Gasteiger partial charge on any atom is -0.355 e. The maximum Gasteiger partial charge on any atom is 0.263 e. The number of rotatable bonds is 8. The van der Waals surface area contributed by atoms with Gasteiger partial charge in [-0.2, -0.15) is 4.98 Å². The monoisotopic (exact) mass is 513 g/mol. The standard InChI is InChI=1S/C28H24ClN5O3/c1-18-9-14-22-25(36)23(28-32-26(33-37-28)20-10-12-21(29)13-11-20)16-34(27(22)31-18)17-24(35)30-15-5-8-19-6-3-2-4-7-19/h2-4,6-7,9-14,16H,5,8,15,17H2,1H3,(H,30,35). The highest BCUT2D eigenvalue weighted by molar-refractivity contribution is 6.30. The Balaban J connectivity index is 1.39. The van der Waals surface area contributed by atoms with Gasteiger partial charge in [-0.3, -0.25) is 9.59 Å². The van der Waals surface area contributed by atoms with Crippen LogP contribution in [0.3, 0.4) is 0 Å². The van der Waals surface area contributed by atoms with Gasteiger partial charge in [-0.15, -0.1) is 0 Å². The van der Waals surface area contributed by atoms with Gasteiger partial charge in [0.15, 0.2) is 0 Å². The Morgan fingerprint density at radius 3 is 2.59 bits per heavy atom. The number of amides is 1. The lowest BCUT2D eigenvalue weighted by molar-refractivity contribution is -0.121. The molecule has 0 saturated carbocycles. The van der Waals surface area contributed by atoms with Gasteiger partial charge in [-0.1, -0.05) is 47.1 Å². The van der Waals surface area contributed by atoms with Crippen LogP contribution in [0, 0.1) is 6.92 Å². The van der Waals surface area contributed by atoms with Crippen molar-refractivity contribution in [1.82, 2.24) is 25.0 Å². The quantitative estimate of drug-likeness (QED) is 0.298. The van der Waals surface area contributed by atoms with Crippen molar-refractivity contribution in [3.05, 3.63) is 99.4 Å². The van der Waals surface area contributed by atoms with Crippen molar-refractivity contribution in [3.8, 4) is 22.8 Å². The summed E-state index contributed by atoms with van der Waals surface area (Å²) in [6.07, 6.45) is 3.25. The number of pyridine rings is 2. The third-order valence-electron chi connectivity index (χ3n) is 5.94. The van der Waals surface area contributed by atoms with Gasteiger partial charge in [0.1, 0.15) is 17.8 Å². The van der Waals surface area contributed by atoms with E-state index < -0.39 is 0 Å². The van der Waals surface area contributed by atoms with Gasteiger partial charge < -0.3 is 14.4 Å². The van der Waals surface area contributed by atoms with Crippen molar-refractivity contribution in [3.63, 3.8) is 0 Å². The van der Waals surface area contributed by atoms with Gasteiger partial charge in [0.25, 0.3) is 5.89 Å². The largest absolute Gasteiger partial charge is 0.355 e. The van der Waals surface area contributed by atoms with Gasteiger partial charge in [0.2, 0.25) is 17.2 Å². The Morgan fingerprint density at radius 2 is 1.81 bits per heavy atom. The number of aryl methyl sites for hydroxylation is 2. The van der Waals surface area contributed by atoms with Crippen molar-refractivity contribution in [2.24, 2.45) is 0 Å². The molecule has 37 heavy (non-hydrogen) atoms. The van der Waals surface area contributed by atoms with Gasteiger partial charge in [0, 0.05) is 29.0 Å². The van der Waals surface area contributed by atoms with E-state index in [1.165, 1.54) is 5.56 Å². The zero-order valence-electron chi connectivity index (χ0n) is 20.1. The van der Waals surface area contributed by atoms with Crippen molar-refractivity contribution >= 4 is 28.5 Å². The highest BCUT2D eigenvalue weighted by Gasteiger charge is 2.19. The number of halogens is 1. The van der Waals surface area contributed by atoms with E-state index in [4.69, 9.17) is 16.1 Å². The Labute approximate surface area is 217 Å². The molecular weight excluding hydrogens is 490 g/mol. The maximum absolute atomic E-state index is 13.3. The molecule has 0 bridgehead atoms. The molecule has 8 nitrogen and oxygen atoms in total. The van der Waals surface area contributed by atoms with Crippen LogP contribution in [-0.4, -0.2) is 32.1 Å². The molecule has 2 aromatic carbocycles. The van der Waals surface area contributed by atoms with E-state index in [2.05, 4.69) is 32.6 Å². The van der Waals surface area contributed by atoms with Gasteiger partial charge in [-0.25, -0.2) is 4.98 Å². The molecule has 0 unspecified atom stereocenters. The number of aromatic nitrogens is 4. The molecule has 0 fully saturated rings. The molecule has 5 aromatic rings. The van der Waals surface area contributed by atoms with Crippen LogP contribution >= 0.6 is 11.6 Å². The van der Waals surface area contributed by atoms with E-state index in [0.29, 0.717) is 34.0 Å².